The summed E-state index contributed by atoms with van der Waals surface area (Å²) in [5, 5.41) is 0. The first-order valence-electron chi connectivity index (χ1n) is 7.98. The molecule has 2 aliphatic heterocycles. The van der Waals surface area contributed by atoms with Gasteiger partial charge in [-0.3, -0.25) is 4.90 Å². The van der Waals surface area contributed by atoms with Crippen molar-refractivity contribution in [3.63, 3.8) is 0 Å². The Hall–Kier alpha value is -0.800. The van der Waals surface area contributed by atoms with Crippen LogP contribution in [0.1, 0.15) is 44.6 Å². The topological polar surface area (TPSA) is 25.6 Å². The van der Waals surface area contributed by atoms with Crippen LogP contribution >= 0.6 is 0 Å². The van der Waals surface area contributed by atoms with Crippen molar-refractivity contribution >= 4 is 0 Å². The van der Waals surface area contributed by atoms with E-state index in [1.54, 1.807) is 0 Å². The maximum absolute atomic E-state index is 6.21. The Morgan fingerprint density at radius 1 is 1.30 bits per heavy atom. The number of likely N-dealkylation sites (tertiary alicyclic amines) is 1. The molecule has 3 nitrogen and oxygen atoms in total. The zero-order valence-electron chi connectivity index (χ0n) is 13.0. The molecule has 0 aromatic carbocycles. The molecule has 2 fully saturated rings. The standard InChI is InChI=1S/C17H27NO2/c1-13(2)15-10-17(19-12-15)6-8-18(9-7-17)11-16-5-4-14(3)20-16/h4-5,13,15H,6-12H2,1-3H3. The lowest BCUT2D eigenvalue weighted by molar-refractivity contribution is -0.0460. The summed E-state index contributed by atoms with van der Waals surface area (Å²) in [6, 6.07) is 4.15. The predicted molar refractivity (Wildman–Crippen MR) is 79.6 cm³/mol. The normalized spacial score (nSPS) is 26.7. The van der Waals surface area contributed by atoms with Gasteiger partial charge >= 0.3 is 0 Å². The molecule has 0 aliphatic carbocycles. The average Bonchev–Trinajstić information content (AvgIpc) is 3.00. The summed E-state index contributed by atoms with van der Waals surface area (Å²) < 4.78 is 11.9. The highest BCUT2D eigenvalue weighted by molar-refractivity contribution is 5.06. The van der Waals surface area contributed by atoms with Crippen molar-refractivity contribution in [1.82, 2.24) is 4.90 Å². The summed E-state index contributed by atoms with van der Waals surface area (Å²) in [5.74, 6) is 3.60. The number of aryl methyl sites for hydroxylation is 1. The monoisotopic (exact) mass is 277 g/mol. The van der Waals surface area contributed by atoms with Crippen LogP contribution in [0, 0.1) is 18.8 Å². The van der Waals surface area contributed by atoms with E-state index in [0.717, 1.165) is 49.6 Å². The number of ether oxygens (including phenoxy) is 1. The van der Waals surface area contributed by atoms with Crippen LogP contribution in [0.25, 0.3) is 0 Å². The van der Waals surface area contributed by atoms with Crippen LogP contribution < -0.4 is 0 Å². The molecule has 1 aromatic rings. The van der Waals surface area contributed by atoms with Crippen molar-refractivity contribution in [2.75, 3.05) is 19.7 Å². The molecule has 0 radical (unpaired) electrons. The van der Waals surface area contributed by atoms with E-state index in [1.165, 1.54) is 19.3 Å². The van der Waals surface area contributed by atoms with Crippen molar-refractivity contribution in [3.05, 3.63) is 23.7 Å². The van der Waals surface area contributed by atoms with Gasteiger partial charge in [0.25, 0.3) is 0 Å². The van der Waals surface area contributed by atoms with Gasteiger partial charge in [0.1, 0.15) is 11.5 Å². The highest BCUT2D eigenvalue weighted by Gasteiger charge is 2.43. The fourth-order valence-corrected chi connectivity index (χ4v) is 3.57. The van der Waals surface area contributed by atoms with Crippen molar-refractivity contribution in [2.45, 2.75) is 52.2 Å². The van der Waals surface area contributed by atoms with E-state index in [4.69, 9.17) is 9.15 Å². The van der Waals surface area contributed by atoms with Crippen molar-refractivity contribution < 1.29 is 9.15 Å². The predicted octanol–water partition coefficient (Wildman–Crippen LogP) is 3.62. The first kappa shape index (κ1) is 14.2. The van der Waals surface area contributed by atoms with E-state index in [-0.39, 0.29) is 5.60 Å². The number of piperidine rings is 1. The van der Waals surface area contributed by atoms with Crippen molar-refractivity contribution in [1.29, 1.82) is 0 Å². The number of furan rings is 1. The molecule has 1 aromatic heterocycles. The third-order valence-electron chi connectivity index (χ3n) is 5.12. The minimum atomic E-state index is 0.185. The van der Waals surface area contributed by atoms with Gasteiger partial charge in [-0.25, -0.2) is 0 Å². The molecule has 2 saturated heterocycles. The van der Waals surface area contributed by atoms with Crippen LogP contribution in [-0.4, -0.2) is 30.2 Å². The van der Waals surface area contributed by atoms with Crippen molar-refractivity contribution in [2.24, 2.45) is 11.8 Å². The van der Waals surface area contributed by atoms with Gasteiger partial charge in [-0.1, -0.05) is 13.8 Å². The van der Waals surface area contributed by atoms with Gasteiger partial charge in [0.15, 0.2) is 0 Å². The molecule has 1 atom stereocenters. The Labute approximate surface area is 122 Å². The molecule has 0 N–H and O–H groups in total. The second kappa shape index (κ2) is 5.53. The molecule has 1 spiro atoms. The molecule has 1 unspecified atom stereocenters. The smallest absolute Gasteiger partial charge is 0.118 e. The van der Waals surface area contributed by atoms with Crippen LogP contribution in [0.15, 0.2) is 16.5 Å². The summed E-state index contributed by atoms with van der Waals surface area (Å²) in [5.41, 5.74) is 0.185. The first-order valence-corrected chi connectivity index (χ1v) is 7.98. The minimum absolute atomic E-state index is 0.185. The largest absolute Gasteiger partial charge is 0.465 e. The summed E-state index contributed by atoms with van der Waals surface area (Å²) in [6.45, 7) is 10.8. The van der Waals surface area contributed by atoms with E-state index < -0.39 is 0 Å². The first-order chi connectivity index (χ1) is 9.56. The zero-order chi connectivity index (χ0) is 14.2. The molecule has 3 heterocycles. The number of nitrogens with zero attached hydrogens (tertiary/aromatic N) is 1. The molecular weight excluding hydrogens is 250 g/mol. The summed E-state index contributed by atoms with van der Waals surface area (Å²) in [4.78, 5) is 2.50. The SMILES string of the molecule is Cc1ccc(CN2CCC3(CC2)CC(C(C)C)CO3)o1. The summed E-state index contributed by atoms with van der Waals surface area (Å²) in [6.07, 6.45) is 3.62. The molecule has 3 heteroatoms. The number of rotatable bonds is 3. The Morgan fingerprint density at radius 3 is 2.60 bits per heavy atom. The Balaban J connectivity index is 1.52. The van der Waals surface area contributed by atoms with Crippen LogP contribution in [0.5, 0.6) is 0 Å². The van der Waals surface area contributed by atoms with Crippen LogP contribution in [0.3, 0.4) is 0 Å². The molecule has 3 rings (SSSR count). The van der Waals surface area contributed by atoms with Gasteiger partial charge < -0.3 is 9.15 Å². The maximum atomic E-state index is 6.21. The third kappa shape index (κ3) is 2.94. The molecule has 112 valence electrons. The fourth-order valence-electron chi connectivity index (χ4n) is 3.57. The molecule has 20 heavy (non-hydrogen) atoms. The van der Waals surface area contributed by atoms with Crippen LogP contribution in [-0.2, 0) is 11.3 Å². The van der Waals surface area contributed by atoms with Gasteiger partial charge in [0.2, 0.25) is 0 Å². The van der Waals surface area contributed by atoms with E-state index in [9.17, 15) is 0 Å². The lowest BCUT2D eigenvalue weighted by Crippen LogP contribution is -2.43. The second-order valence-electron chi connectivity index (χ2n) is 6.99. The molecule has 0 amide bonds. The number of hydrogen-bond donors (Lipinski definition) is 0. The Morgan fingerprint density at radius 2 is 2.05 bits per heavy atom. The van der Waals surface area contributed by atoms with E-state index in [0.29, 0.717) is 0 Å². The third-order valence-corrected chi connectivity index (χ3v) is 5.12. The Kier molecular flexibility index (Phi) is 3.91. The summed E-state index contributed by atoms with van der Waals surface area (Å²) >= 11 is 0. The zero-order valence-corrected chi connectivity index (χ0v) is 13.0. The summed E-state index contributed by atoms with van der Waals surface area (Å²) in [7, 11) is 0. The van der Waals surface area contributed by atoms with Gasteiger partial charge in [0, 0.05) is 13.1 Å². The van der Waals surface area contributed by atoms with Gasteiger partial charge in [-0.2, -0.15) is 0 Å². The molecular formula is C17H27NO2. The van der Waals surface area contributed by atoms with Crippen LogP contribution in [0.4, 0.5) is 0 Å². The molecule has 2 aliphatic rings. The quantitative estimate of drug-likeness (QED) is 0.844. The highest BCUT2D eigenvalue weighted by atomic mass is 16.5. The van der Waals surface area contributed by atoms with Gasteiger partial charge in [-0.15, -0.1) is 0 Å². The maximum Gasteiger partial charge on any atom is 0.118 e. The fraction of sp³-hybridized carbons (Fsp3) is 0.765. The lowest BCUT2D eigenvalue weighted by Gasteiger charge is -2.38. The molecule has 0 saturated carbocycles. The van der Waals surface area contributed by atoms with Crippen molar-refractivity contribution in [3.8, 4) is 0 Å². The number of hydrogen-bond acceptors (Lipinski definition) is 3. The van der Waals surface area contributed by atoms with Crippen LogP contribution in [0.2, 0.25) is 0 Å². The average molecular weight is 277 g/mol. The second-order valence-corrected chi connectivity index (χ2v) is 6.99. The van der Waals surface area contributed by atoms with E-state index in [2.05, 4.69) is 24.8 Å². The molecule has 0 bridgehead atoms. The van der Waals surface area contributed by atoms with E-state index >= 15 is 0 Å². The highest BCUT2D eigenvalue weighted by Crippen LogP contribution is 2.41. The Bertz CT molecular complexity index is 444. The van der Waals surface area contributed by atoms with E-state index in [1.807, 2.05) is 13.0 Å². The van der Waals surface area contributed by atoms with Gasteiger partial charge in [0.05, 0.1) is 18.8 Å². The minimum Gasteiger partial charge on any atom is -0.465 e. The van der Waals surface area contributed by atoms with Gasteiger partial charge in [-0.05, 0) is 50.2 Å². The lowest BCUT2D eigenvalue weighted by atomic mass is 9.82.